The number of carbonyl (C=O) groups excluding carboxylic acids is 2. The highest BCUT2D eigenvalue weighted by atomic mass is 35.5. The largest absolute Gasteiger partial charge is 0.468 e. The lowest BCUT2D eigenvalue weighted by molar-refractivity contribution is -0.150. The summed E-state index contributed by atoms with van der Waals surface area (Å²) in [4.78, 5) is 23.5. The lowest BCUT2D eigenvalue weighted by Crippen LogP contribution is -2.34. The summed E-state index contributed by atoms with van der Waals surface area (Å²) in [6.45, 7) is 3.50. The minimum atomic E-state index is -0.896. The fourth-order valence-corrected chi connectivity index (χ4v) is 2.42. The molecule has 5 nitrogen and oxygen atoms in total. The molecule has 0 bridgehead atoms. The number of nitrogens with zero attached hydrogens (tertiary/aromatic N) is 1. The van der Waals surface area contributed by atoms with E-state index in [0.29, 0.717) is 5.00 Å². The number of halogens is 2. The van der Waals surface area contributed by atoms with E-state index in [1.807, 2.05) is 0 Å². The molecular formula is C10H12Cl2N2O3S. The van der Waals surface area contributed by atoms with E-state index in [1.165, 1.54) is 7.11 Å². The van der Waals surface area contributed by atoms with Crippen molar-refractivity contribution in [3.63, 3.8) is 0 Å². The Hall–Kier alpha value is -0.850. The van der Waals surface area contributed by atoms with Gasteiger partial charge in [-0.15, -0.1) is 0 Å². The monoisotopic (exact) mass is 310 g/mol. The lowest BCUT2D eigenvalue weighted by Gasteiger charge is -2.17. The lowest BCUT2D eigenvalue weighted by atomic mass is 9.95. The van der Waals surface area contributed by atoms with Gasteiger partial charge in [-0.25, -0.2) is 0 Å². The molecule has 1 aromatic rings. The van der Waals surface area contributed by atoms with E-state index in [4.69, 9.17) is 23.2 Å². The molecular weight excluding hydrogens is 299 g/mol. The minimum absolute atomic E-state index is 0.121. The van der Waals surface area contributed by atoms with Crippen LogP contribution in [0.3, 0.4) is 0 Å². The van der Waals surface area contributed by atoms with Crippen molar-refractivity contribution in [1.29, 1.82) is 0 Å². The second-order valence-corrected chi connectivity index (χ2v) is 5.36. The van der Waals surface area contributed by atoms with Crippen LogP contribution in [0.5, 0.6) is 0 Å². The van der Waals surface area contributed by atoms with Gasteiger partial charge < -0.3 is 10.1 Å². The summed E-state index contributed by atoms with van der Waals surface area (Å²) >= 11 is 12.5. The van der Waals surface area contributed by atoms with Gasteiger partial charge in [0, 0.05) is 0 Å². The topological polar surface area (TPSA) is 68.3 Å². The number of carbonyl (C=O) groups is 2. The fraction of sp³-hybridized carbons (Fsp3) is 0.500. The van der Waals surface area contributed by atoms with Crippen LogP contribution < -0.4 is 5.32 Å². The Labute approximate surface area is 119 Å². The third kappa shape index (κ3) is 3.34. The van der Waals surface area contributed by atoms with E-state index in [0.717, 1.165) is 11.5 Å². The molecule has 1 amide bonds. The van der Waals surface area contributed by atoms with Crippen molar-refractivity contribution >= 4 is 51.6 Å². The molecule has 0 aliphatic carbocycles. The molecule has 1 N–H and O–H groups in total. The normalized spacial score (nSPS) is 12.3. The van der Waals surface area contributed by atoms with Crippen LogP contribution in [0.25, 0.3) is 0 Å². The second-order valence-electron chi connectivity index (χ2n) is 3.85. The van der Waals surface area contributed by atoms with Crippen LogP contribution >= 0.6 is 34.7 Å². The van der Waals surface area contributed by atoms with Crippen molar-refractivity contribution in [2.24, 2.45) is 11.8 Å². The molecule has 0 spiro atoms. The molecule has 1 aromatic heterocycles. The van der Waals surface area contributed by atoms with Gasteiger partial charge in [-0.2, -0.15) is 4.37 Å². The molecule has 1 atom stereocenters. The first-order valence-corrected chi connectivity index (χ1v) is 6.60. The van der Waals surface area contributed by atoms with Crippen molar-refractivity contribution in [2.45, 2.75) is 13.8 Å². The number of anilines is 1. The molecule has 0 aromatic carbocycles. The number of esters is 1. The number of hydrogen-bond donors (Lipinski definition) is 1. The summed E-state index contributed by atoms with van der Waals surface area (Å²) in [5, 5.41) is 3.14. The quantitative estimate of drug-likeness (QED) is 0.686. The predicted octanol–water partition coefficient (Wildman–Crippen LogP) is 2.83. The van der Waals surface area contributed by atoms with Crippen LogP contribution in [0.2, 0.25) is 10.2 Å². The Morgan fingerprint density at radius 3 is 2.39 bits per heavy atom. The first-order chi connectivity index (χ1) is 8.38. The van der Waals surface area contributed by atoms with Crippen molar-refractivity contribution in [3.8, 4) is 0 Å². The number of ether oxygens (including phenoxy) is 1. The number of methoxy groups -OCH3 is 1. The van der Waals surface area contributed by atoms with E-state index in [-0.39, 0.29) is 16.1 Å². The first-order valence-electron chi connectivity index (χ1n) is 5.07. The molecule has 0 aliphatic rings. The Morgan fingerprint density at radius 2 is 2.00 bits per heavy atom. The average molecular weight is 311 g/mol. The van der Waals surface area contributed by atoms with E-state index >= 15 is 0 Å². The molecule has 1 rings (SSSR count). The zero-order valence-electron chi connectivity index (χ0n) is 9.99. The maximum atomic E-state index is 12.0. The Bertz CT molecular complexity index is 462. The summed E-state index contributed by atoms with van der Waals surface area (Å²) in [5.74, 6) is -2.17. The minimum Gasteiger partial charge on any atom is -0.468 e. The van der Waals surface area contributed by atoms with Crippen molar-refractivity contribution < 1.29 is 14.3 Å². The standard InChI is InChI=1S/C10H12Cl2N2O3S/c1-4(2)5(10(16)17-3)8(15)13-9-6(11)7(12)14-18-9/h4-5H,1-3H3,(H,13,15). The van der Waals surface area contributed by atoms with Gasteiger partial charge in [-0.05, 0) is 17.5 Å². The molecule has 0 radical (unpaired) electrons. The number of hydrogen-bond acceptors (Lipinski definition) is 5. The third-order valence-corrected chi connectivity index (χ3v) is 3.95. The van der Waals surface area contributed by atoms with Gasteiger partial charge in [-0.1, -0.05) is 37.0 Å². The summed E-state index contributed by atoms with van der Waals surface area (Å²) in [7, 11) is 1.24. The van der Waals surface area contributed by atoms with Gasteiger partial charge in [0.2, 0.25) is 5.91 Å². The van der Waals surface area contributed by atoms with E-state index in [2.05, 4.69) is 14.4 Å². The molecule has 100 valence electrons. The van der Waals surface area contributed by atoms with Gasteiger partial charge in [0.05, 0.1) is 7.11 Å². The van der Waals surface area contributed by atoms with Crippen LogP contribution in [0.4, 0.5) is 5.00 Å². The molecule has 0 aliphatic heterocycles. The van der Waals surface area contributed by atoms with Crippen LogP contribution in [0.15, 0.2) is 0 Å². The van der Waals surface area contributed by atoms with Crippen molar-refractivity contribution in [1.82, 2.24) is 4.37 Å². The van der Waals surface area contributed by atoms with Gasteiger partial charge in [-0.3, -0.25) is 9.59 Å². The first kappa shape index (κ1) is 15.2. The average Bonchev–Trinajstić information content (AvgIpc) is 2.60. The highest BCUT2D eigenvalue weighted by Gasteiger charge is 2.31. The summed E-state index contributed by atoms with van der Waals surface area (Å²) in [6, 6.07) is 0. The van der Waals surface area contributed by atoms with Gasteiger partial charge in [0.1, 0.15) is 15.9 Å². The second kappa shape index (κ2) is 6.36. The van der Waals surface area contributed by atoms with E-state index in [1.54, 1.807) is 13.8 Å². The Morgan fingerprint density at radius 1 is 1.39 bits per heavy atom. The maximum Gasteiger partial charge on any atom is 0.318 e. The molecule has 8 heteroatoms. The van der Waals surface area contributed by atoms with Crippen LogP contribution in [0.1, 0.15) is 13.8 Å². The van der Waals surface area contributed by atoms with E-state index in [9.17, 15) is 9.59 Å². The van der Waals surface area contributed by atoms with Gasteiger partial charge in [0.25, 0.3) is 0 Å². The number of amides is 1. The molecule has 0 saturated carbocycles. The number of nitrogens with one attached hydrogen (secondary N) is 1. The zero-order chi connectivity index (χ0) is 13.9. The Balaban J connectivity index is 2.86. The highest BCUT2D eigenvalue weighted by molar-refractivity contribution is 7.11. The molecule has 0 fully saturated rings. The van der Waals surface area contributed by atoms with Crippen LogP contribution in [0, 0.1) is 11.8 Å². The van der Waals surface area contributed by atoms with Gasteiger partial charge in [0.15, 0.2) is 5.15 Å². The number of aromatic nitrogens is 1. The highest BCUT2D eigenvalue weighted by Crippen LogP contribution is 2.33. The fourth-order valence-electron chi connectivity index (χ4n) is 1.34. The van der Waals surface area contributed by atoms with Crippen LogP contribution in [-0.2, 0) is 14.3 Å². The summed E-state index contributed by atoms with van der Waals surface area (Å²) in [5.41, 5.74) is 0. The van der Waals surface area contributed by atoms with Crippen LogP contribution in [-0.4, -0.2) is 23.4 Å². The molecule has 18 heavy (non-hydrogen) atoms. The zero-order valence-corrected chi connectivity index (χ0v) is 12.3. The molecule has 1 unspecified atom stereocenters. The summed E-state index contributed by atoms with van der Waals surface area (Å²) in [6.07, 6.45) is 0. The van der Waals surface area contributed by atoms with Gasteiger partial charge >= 0.3 is 5.97 Å². The smallest absolute Gasteiger partial charge is 0.318 e. The molecule has 1 heterocycles. The molecule has 0 saturated heterocycles. The van der Waals surface area contributed by atoms with E-state index < -0.39 is 17.8 Å². The number of rotatable bonds is 4. The SMILES string of the molecule is COC(=O)C(C(=O)Nc1snc(Cl)c1Cl)C(C)C. The maximum absolute atomic E-state index is 12.0. The van der Waals surface area contributed by atoms with Crippen molar-refractivity contribution in [2.75, 3.05) is 12.4 Å². The Kier molecular flexibility index (Phi) is 5.37. The predicted molar refractivity (Wildman–Crippen MR) is 71.1 cm³/mol. The summed E-state index contributed by atoms with van der Waals surface area (Å²) < 4.78 is 8.38. The third-order valence-electron chi connectivity index (χ3n) is 2.24. The van der Waals surface area contributed by atoms with Crippen molar-refractivity contribution in [3.05, 3.63) is 10.2 Å².